The highest BCUT2D eigenvalue weighted by molar-refractivity contribution is 4.90. The van der Waals surface area contributed by atoms with Crippen LogP contribution < -0.4 is 5.32 Å². The zero-order chi connectivity index (χ0) is 11.4. The molecule has 2 fully saturated rings. The predicted molar refractivity (Wildman–Crippen MR) is 66.7 cm³/mol. The van der Waals surface area contributed by atoms with Crippen LogP contribution >= 0.6 is 0 Å². The van der Waals surface area contributed by atoms with Gasteiger partial charge < -0.3 is 10.1 Å². The Labute approximate surface area is 99.5 Å². The molecule has 0 radical (unpaired) electrons. The Balaban J connectivity index is 1.96. The summed E-state index contributed by atoms with van der Waals surface area (Å²) in [6, 6.07) is 0.763. The number of nitrogens with one attached hydrogen (secondary N) is 1. The average molecular weight is 226 g/mol. The van der Waals surface area contributed by atoms with Crippen molar-refractivity contribution in [1.82, 2.24) is 10.2 Å². The van der Waals surface area contributed by atoms with Gasteiger partial charge in [0.2, 0.25) is 0 Å². The van der Waals surface area contributed by atoms with E-state index in [2.05, 4.69) is 24.1 Å². The highest BCUT2D eigenvalue weighted by Gasteiger charge is 2.31. The number of rotatable bonds is 2. The van der Waals surface area contributed by atoms with E-state index in [4.69, 9.17) is 4.74 Å². The summed E-state index contributed by atoms with van der Waals surface area (Å²) in [5, 5.41) is 3.70. The van der Waals surface area contributed by atoms with Crippen LogP contribution in [0.4, 0.5) is 0 Å². The molecule has 94 valence electrons. The molecule has 0 aromatic carbocycles. The molecular weight excluding hydrogens is 200 g/mol. The lowest BCUT2D eigenvalue weighted by atomic mass is 9.96. The van der Waals surface area contributed by atoms with Crippen LogP contribution in [0.15, 0.2) is 0 Å². The van der Waals surface area contributed by atoms with E-state index >= 15 is 0 Å². The van der Waals surface area contributed by atoms with Crippen molar-refractivity contribution < 1.29 is 4.74 Å². The minimum atomic E-state index is 0.314. The number of nitrogens with zero attached hydrogens (tertiary/aromatic N) is 1. The van der Waals surface area contributed by atoms with E-state index in [1.165, 1.54) is 45.3 Å². The molecule has 16 heavy (non-hydrogen) atoms. The Morgan fingerprint density at radius 1 is 1.38 bits per heavy atom. The quantitative estimate of drug-likeness (QED) is 0.774. The SMILES string of the molecule is CCC1(C)CN(C2CCOCC2)CCCN1. The van der Waals surface area contributed by atoms with Crippen molar-refractivity contribution in [3.63, 3.8) is 0 Å². The molecule has 2 aliphatic heterocycles. The molecule has 0 aliphatic carbocycles. The van der Waals surface area contributed by atoms with Crippen LogP contribution in [0.5, 0.6) is 0 Å². The number of ether oxygens (including phenoxy) is 1. The molecule has 2 saturated heterocycles. The van der Waals surface area contributed by atoms with Crippen LogP contribution in [0.3, 0.4) is 0 Å². The zero-order valence-corrected chi connectivity index (χ0v) is 10.8. The van der Waals surface area contributed by atoms with Gasteiger partial charge in [0, 0.05) is 31.3 Å². The third-order valence-electron chi connectivity index (χ3n) is 4.21. The normalized spacial score (nSPS) is 34.9. The van der Waals surface area contributed by atoms with Gasteiger partial charge in [-0.05, 0) is 45.7 Å². The fourth-order valence-electron chi connectivity index (χ4n) is 2.85. The molecule has 0 aromatic rings. The second-order valence-electron chi connectivity index (χ2n) is 5.51. The third kappa shape index (κ3) is 2.96. The van der Waals surface area contributed by atoms with Crippen LogP contribution in [-0.2, 0) is 4.74 Å². The van der Waals surface area contributed by atoms with Crippen LogP contribution in [0.2, 0.25) is 0 Å². The summed E-state index contributed by atoms with van der Waals surface area (Å²) in [6.45, 7) is 10.2. The van der Waals surface area contributed by atoms with Gasteiger partial charge in [-0.2, -0.15) is 0 Å². The fourth-order valence-corrected chi connectivity index (χ4v) is 2.85. The molecular formula is C13H26N2O. The van der Waals surface area contributed by atoms with E-state index in [0.29, 0.717) is 5.54 Å². The smallest absolute Gasteiger partial charge is 0.0480 e. The van der Waals surface area contributed by atoms with Gasteiger partial charge in [0.05, 0.1) is 0 Å². The lowest BCUT2D eigenvalue weighted by Gasteiger charge is -2.38. The van der Waals surface area contributed by atoms with Crippen molar-refractivity contribution in [2.24, 2.45) is 0 Å². The first-order chi connectivity index (χ1) is 7.73. The summed E-state index contributed by atoms with van der Waals surface area (Å²) in [5.74, 6) is 0. The highest BCUT2D eigenvalue weighted by atomic mass is 16.5. The van der Waals surface area contributed by atoms with Crippen LogP contribution in [0.1, 0.15) is 39.5 Å². The third-order valence-corrected chi connectivity index (χ3v) is 4.21. The van der Waals surface area contributed by atoms with Crippen molar-refractivity contribution in [2.45, 2.75) is 51.1 Å². The minimum Gasteiger partial charge on any atom is -0.381 e. The van der Waals surface area contributed by atoms with Crippen molar-refractivity contribution in [3.8, 4) is 0 Å². The molecule has 2 rings (SSSR count). The molecule has 1 atom stereocenters. The summed E-state index contributed by atoms with van der Waals surface area (Å²) in [5.41, 5.74) is 0.314. The molecule has 1 unspecified atom stereocenters. The second kappa shape index (κ2) is 5.48. The van der Waals surface area contributed by atoms with E-state index < -0.39 is 0 Å². The first-order valence-electron chi connectivity index (χ1n) is 6.80. The maximum atomic E-state index is 5.46. The summed E-state index contributed by atoms with van der Waals surface area (Å²) < 4.78 is 5.46. The van der Waals surface area contributed by atoms with Gasteiger partial charge in [-0.3, -0.25) is 4.90 Å². The molecule has 3 nitrogen and oxygen atoms in total. The Hall–Kier alpha value is -0.120. The first-order valence-corrected chi connectivity index (χ1v) is 6.80. The highest BCUT2D eigenvalue weighted by Crippen LogP contribution is 2.21. The molecule has 0 spiro atoms. The predicted octanol–water partition coefficient (Wildman–Crippen LogP) is 1.63. The lowest BCUT2D eigenvalue weighted by molar-refractivity contribution is 0.0282. The molecule has 3 heteroatoms. The number of hydrogen-bond acceptors (Lipinski definition) is 3. The van der Waals surface area contributed by atoms with Crippen molar-refractivity contribution in [3.05, 3.63) is 0 Å². The molecule has 0 saturated carbocycles. The van der Waals surface area contributed by atoms with Gasteiger partial charge in [-0.15, -0.1) is 0 Å². The van der Waals surface area contributed by atoms with Crippen molar-refractivity contribution >= 4 is 0 Å². The van der Waals surface area contributed by atoms with E-state index in [0.717, 1.165) is 19.3 Å². The zero-order valence-electron chi connectivity index (χ0n) is 10.8. The van der Waals surface area contributed by atoms with Crippen molar-refractivity contribution in [2.75, 3.05) is 32.8 Å². The van der Waals surface area contributed by atoms with E-state index in [-0.39, 0.29) is 0 Å². The Morgan fingerprint density at radius 3 is 2.81 bits per heavy atom. The second-order valence-corrected chi connectivity index (χ2v) is 5.51. The van der Waals surface area contributed by atoms with Gasteiger partial charge in [0.1, 0.15) is 0 Å². The largest absolute Gasteiger partial charge is 0.381 e. The number of hydrogen-bond donors (Lipinski definition) is 1. The van der Waals surface area contributed by atoms with Crippen molar-refractivity contribution in [1.29, 1.82) is 0 Å². The minimum absolute atomic E-state index is 0.314. The van der Waals surface area contributed by atoms with Crippen LogP contribution in [-0.4, -0.2) is 49.3 Å². The Kier molecular flexibility index (Phi) is 4.22. The summed E-state index contributed by atoms with van der Waals surface area (Å²) >= 11 is 0. The standard InChI is InChI=1S/C13H26N2O/c1-3-13(2)11-15(8-4-7-14-13)12-5-9-16-10-6-12/h12,14H,3-11H2,1-2H3. The molecule has 0 aromatic heterocycles. The first kappa shape index (κ1) is 12.3. The summed E-state index contributed by atoms with van der Waals surface area (Å²) in [6.07, 6.45) is 4.94. The Morgan fingerprint density at radius 2 is 2.12 bits per heavy atom. The maximum Gasteiger partial charge on any atom is 0.0480 e. The average Bonchev–Trinajstić information content (AvgIpc) is 2.53. The fraction of sp³-hybridized carbons (Fsp3) is 1.00. The lowest BCUT2D eigenvalue weighted by Crippen LogP contribution is -2.51. The molecule has 1 N–H and O–H groups in total. The van der Waals surface area contributed by atoms with Gasteiger partial charge in [0.15, 0.2) is 0 Å². The van der Waals surface area contributed by atoms with Crippen LogP contribution in [0.25, 0.3) is 0 Å². The van der Waals surface area contributed by atoms with E-state index in [1.807, 2.05) is 0 Å². The molecule has 2 aliphatic rings. The topological polar surface area (TPSA) is 24.5 Å². The van der Waals surface area contributed by atoms with Crippen LogP contribution in [0, 0.1) is 0 Å². The summed E-state index contributed by atoms with van der Waals surface area (Å²) in [7, 11) is 0. The molecule has 0 bridgehead atoms. The molecule has 0 amide bonds. The maximum absolute atomic E-state index is 5.46. The van der Waals surface area contributed by atoms with E-state index in [9.17, 15) is 0 Å². The monoisotopic (exact) mass is 226 g/mol. The van der Waals surface area contributed by atoms with Gasteiger partial charge in [0.25, 0.3) is 0 Å². The molecule has 2 heterocycles. The summed E-state index contributed by atoms with van der Waals surface area (Å²) in [4.78, 5) is 2.70. The van der Waals surface area contributed by atoms with Gasteiger partial charge >= 0.3 is 0 Å². The van der Waals surface area contributed by atoms with Gasteiger partial charge in [-0.1, -0.05) is 6.92 Å². The van der Waals surface area contributed by atoms with Gasteiger partial charge in [-0.25, -0.2) is 0 Å². The Bertz CT molecular complexity index is 216. The van der Waals surface area contributed by atoms with E-state index in [1.54, 1.807) is 0 Å².